The Bertz CT molecular complexity index is 1630. The lowest BCUT2D eigenvalue weighted by molar-refractivity contribution is 0.130. The molecule has 7 nitrogen and oxygen atoms in total. The second kappa shape index (κ2) is 10.4. The monoisotopic (exact) mass is 516 g/mol. The third kappa shape index (κ3) is 4.67. The molecule has 5 rings (SSSR count). The van der Waals surface area contributed by atoms with Gasteiger partial charge in [0.15, 0.2) is 0 Å². The lowest BCUT2D eigenvalue weighted by Gasteiger charge is -2.48. The third-order valence-corrected chi connectivity index (χ3v) is 7.88. The molecule has 1 aliphatic heterocycles. The van der Waals surface area contributed by atoms with Crippen LogP contribution in [0, 0.1) is 36.5 Å². The fourth-order valence-electron chi connectivity index (χ4n) is 5.73. The Balaban J connectivity index is 1.61. The molecule has 1 aliphatic rings. The Morgan fingerprint density at radius 2 is 1.44 bits per heavy atom. The molecule has 1 fully saturated rings. The average Bonchev–Trinajstić information content (AvgIpc) is 2.94. The number of pyridine rings is 2. The zero-order chi connectivity index (χ0) is 27.8. The summed E-state index contributed by atoms with van der Waals surface area (Å²) in [6.45, 7) is 9.83. The summed E-state index contributed by atoms with van der Waals surface area (Å²) in [6.07, 6.45) is 0. The lowest BCUT2D eigenvalue weighted by atomic mass is 9.92. The first kappa shape index (κ1) is 26.2. The molecule has 0 amide bonds. The van der Waals surface area contributed by atoms with Crippen molar-refractivity contribution in [3.05, 3.63) is 105 Å². The fraction of sp³-hybridized carbons (Fsp3) is 0.312. The van der Waals surface area contributed by atoms with Crippen LogP contribution in [0.15, 0.2) is 65.5 Å². The van der Waals surface area contributed by atoms with Crippen molar-refractivity contribution in [2.75, 3.05) is 18.0 Å². The lowest BCUT2D eigenvalue weighted by Crippen LogP contribution is -2.58. The molecule has 2 atom stereocenters. The van der Waals surface area contributed by atoms with Gasteiger partial charge in [-0.3, -0.25) is 9.69 Å². The van der Waals surface area contributed by atoms with E-state index >= 15 is 0 Å². The summed E-state index contributed by atoms with van der Waals surface area (Å²) in [5.41, 5.74) is 6.50. The fourth-order valence-corrected chi connectivity index (χ4v) is 5.73. The van der Waals surface area contributed by atoms with E-state index in [-0.39, 0.29) is 34.9 Å². The minimum atomic E-state index is -0.356. The van der Waals surface area contributed by atoms with Gasteiger partial charge >= 0.3 is 0 Å². The van der Waals surface area contributed by atoms with Crippen LogP contribution in [0.3, 0.4) is 0 Å². The van der Waals surface area contributed by atoms with Crippen LogP contribution in [0.25, 0.3) is 11.0 Å². The highest BCUT2D eigenvalue weighted by Gasteiger charge is 2.37. The Labute approximate surface area is 229 Å². The average molecular weight is 517 g/mol. The number of nitrogens with zero attached hydrogens (tertiary/aromatic N) is 6. The highest BCUT2D eigenvalue weighted by molar-refractivity contribution is 5.92. The van der Waals surface area contributed by atoms with Crippen LogP contribution in [0.4, 0.5) is 5.69 Å². The molecule has 39 heavy (non-hydrogen) atoms. The van der Waals surface area contributed by atoms with Gasteiger partial charge in [-0.25, -0.2) is 4.98 Å². The molecule has 3 heterocycles. The summed E-state index contributed by atoms with van der Waals surface area (Å²) in [6, 6.07) is 25.2. The van der Waals surface area contributed by atoms with Gasteiger partial charge in [0, 0.05) is 32.2 Å². The molecule has 0 spiro atoms. The molecule has 0 bridgehead atoms. The third-order valence-electron chi connectivity index (χ3n) is 7.88. The summed E-state index contributed by atoms with van der Waals surface area (Å²) in [7, 11) is 1.64. The molecule has 1 saturated heterocycles. The summed E-state index contributed by atoms with van der Waals surface area (Å²) in [4.78, 5) is 22.5. The number of hydrogen-bond acceptors (Lipinski definition) is 6. The molecule has 2 aromatic heterocycles. The van der Waals surface area contributed by atoms with E-state index in [1.54, 1.807) is 19.2 Å². The van der Waals surface area contributed by atoms with E-state index in [9.17, 15) is 15.3 Å². The van der Waals surface area contributed by atoms with Gasteiger partial charge in [-0.2, -0.15) is 10.5 Å². The molecule has 0 unspecified atom stereocenters. The SMILES string of the molecule is Cc1ccc(C(c2ccc(C)cc2)N2C[C@H](C)N(c3c(C#N)c(=O)n(C)c4ccc(C#N)nc34)C[C@H]2C)cc1. The first-order valence-corrected chi connectivity index (χ1v) is 13.2. The summed E-state index contributed by atoms with van der Waals surface area (Å²) >= 11 is 0. The zero-order valence-electron chi connectivity index (χ0n) is 23.0. The molecule has 196 valence electrons. The first-order valence-electron chi connectivity index (χ1n) is 13.2. The number of nitriles is 2. The van der Waals surface area contributed by atoms with E-state index in [0.29, 0.717) is 29.8 Å². The number of aromatic nitrogens is 2. The molecular formula is C32H32N6O. The maximum absolute atomic E-state index is 13.2. The number of anilines is 1. The van der Waals surface area contributed by atoms with Crippen LogP contribution >= 0.6 is 0 Å². The summed E-state index contributed by atoms with van der Waals surface area (Å²) < 4.78 is 1.45. The van der Waals surface area contributed by atoms with E-state index in [1.165, 1.54) is 26.8 Å². The molecule has 0 radical (unpaired) electrons. The topological polar surface area (TPSA) is 89.0 Å². The second-order valence-electron chi connectivity index (χ2n) is 10.6. The second-order valence-corrected chi connectivity index (χ2v) is 10.6. The molecule has 7 heteroatoms. The molecule has 0 saturated carbocycles. The van der Waals surface area contributed by atoms with Gasteiger partial charge in [0.2, 0.25) is 0 Å². The number of benzene rings is 2. The van der Waals surface area contributed by atoms with Crippen LogP contribution in [0.1, 0.15) is 53.4 Å². The van der Waals surface area contributed by atoms with Crippen molar-refractivity contribution >= 4 is 16.7 Å². The van der Waals surface area contributed by atoms with E-state index < -0.39 is 0 Å². The number of aryl methyl sites for hydroxylation is 3. The predicted octanol–water partition coefficient (Wildman–Crippen LogP) is 4.98. The quantitative estimate of drug-likeness (QED) is 0.380. The number of piperazine rings is 1. The van der Waals surface area contributed by atoms with Gasteiger partial charge in [-0.1, -0.05) is 59.7 Å². The van der Waals surface area contributed by atoms with E-state index in [0.717, 1.165) is 0 Å². The summed E-state index contributed by atoms with van der Waals surface area (Å²) in [5.74, 6) is 0. The minimum absolute atomic E-state index is 0.0189. The van der Waals surface area contributed by atoms with Crippen molar-refractivity contribution in [1.29, 1.82) is 10.5 Å². The number of hydrogen-bond donors (Lipinski definition) is 0. The summed E-state index contributed by atoms with van der Waals surface area (Å²) in [5, 5.41) is 19.6. The van der Waals surface area contributed by atoms with Gasteiger partial charge in [0.25, 0.3) is 5.56 Å². The number of rotatable bonds is 4. The Hall–Kier alpha value is -4.46. The van der Waals surface area contributed by atoms with Crippen LogP contribution in [0.5, 0.6) is 0 Å². The molecule has 0 N–H and O–H groups in total. The Kier molecular flexibility index (Phi) is 6.95. The smallest absolute Gasteiger partial charge is 0.270 e. The van der Waals surface area contributed by atoms with Crippen molar-refractivity contribution in [3.63, 3.8) is 0 Å². The van der Waals surface area contributed by atoms with Gasteiger partial charge in [0.05, 0.1) is 17.2 Å². The maximum Gasteiger partial charge on any atom is 0.270 e. The highest BCUT2D eigenvalue weighted by atomic mass is 16.1. The Morgan fingerprint density at radius 1 is 0.846 bits per heavy atom. The molecule has 4 aromatic rings. The van der Waals surface area contributed by atoms with Gasteiger partial charge in [-0.05, 0) is 51.0 Å². The van der Waals surface area contributed by atoms with Gasteiger partial charge < -0.3 is 9.47 Å². The van der Waals surface area contributed by atoms with Crippen LogP contribution in [-0.4, -0.2) is 39.6 Å². The zero-order valence-corrected chi connectivity index (χ0v) is 23.0. The van der Waals surface area contributed by atoms with Crippen LogP contribution in [-0.2, 0) is 7.05 Å². The minimum Gasteiger partial charge on any atom is -0.363 e. The van der Waals surface area contributed by atoms with E-state index in [4.69, 9.17) is 0 Å². The Morgan fingerprint density at radius 3 is 1.97 bits per heavy atom. The van der Waals surface area contributed by atoms with Crippen LogP contribution < -0.4 is 10.5 Å². The van der Waals surface area contributed by atoms with Crippen molar-refractivity contribution < 1.29 is 0 Å². The van der Waals surface area contributed by atoms with Crippen molar-refractivity contribution in [2.45, 2.75) is 45.8 Å². The van der Waals surface area contributed by atoms with Crippen LogP contribution in [0.2, 0.25) is 0 Å². The van der Waals surface area contributed by atoms with Gasteiger partial charge in [0.1, 0.15) is 28.9 Å². The number of fused-ring (bicyclic) bond motifs is 1. The van der Waals surface area contributed by atoms with E-state index in [1.807, 2.05) is 0 Å². The van der Waals surface area contributed by atoms with Crippen molar-refractivity contribution in [1.82, 2.24) is 14.5 Å². The normalized spacial score (nSPS) is 17.8. The highest BCUT2D eigenvalue weighted by Crippen LogP contribution is 2.37. The van der Waals surface area contributed by atoms with Crippen molar-refractivity contribution in [2.24, 2.45) is 7.05 Å². The molecule has 2 aromatic carbocycles. The standard InChI is InChI=1S/C32H32N6O/c1-20-6-10-24(11-7-20)30(25-12-8-21(2)9-13-25)37-18-23(4)38(19-22(37)3)31-27(17-34)32(39)36(5)28-15-14-26(16-33)35-29(28)31/h6-15,22-23,30H,18-19H2,1-5H3/t22-,23+/m1/s1. The maximum atomic E-state index is 13.2. The first-order chi connectivity index (χ1) is 18.7. The largest absolute Gasteiger partial charge is 0.363 e. The predicted molar refractivity (Wildman–Crippen MR) is 154 cm³/mol. The van der Waals surface area contributed by atoms with E-state index in [2.05, 4.69) is 103 Å². The molecule has 0 aliphatic carbocycles. The van der Waals surface area contributed by atoms with Gasteiger partial charge in [-0.15, -0.1) is 0 Å². The molecular weight excluding hydrogens is 484 g/mol. The van der Waals surface area contributed by atoms with Crippen molar-refractivity contribution in [3.8, 4) is 12.1 Å².